The topological polar surface area (TPSA) is 57.9 Å². The second-order valence-electron chi connectivity index (χ2n) is 4.56. The summed E-state index contributed by atoms with van der Waals surface area (Å²) in [5.41, 5.74) is 1.60. The summed E-state index contributed by atoms with van der Waals surface area (Å²) in [5.74, 6) is 0. The number of allylic oxidation sites excluding steroid dienone is 1. The minimum atomic E-state index is -3.90. The van der Waals surface area contributed by atoms with Gasteiger partial charge in [-0.15, -0.1) is 0 Å². The van der Waals surface area contributed by atoms with Crippen LogP contribution in [0, 0.1) is 18.3 Å². The number of hydrogen-bond acceptors (Lipinski definition) is 3. The second-order valence-corrected chi connectivity index (χ2v) is 8.21. The summed E-state index contributed by atoms with van der Waals surface area (Å²) in [7, 11) is -3.90. The van der Waals surface area contributed by atoms with Gasteiger partial charge in [-0.05, 0) is 58.3 Å². The van der Waals surface area contributed by atoms with Gasteiger partial charge in [0, 0.05) is 8.95 Å². The van der Waals surface area contributed by atoms with Crippen LogP contribution in [0.4, 0.5) is 0 Å². The molecule has 22 heavy (non-hydrogen) atoms. The van der Waals surface area contributed by atoms with E-state index in [0.29, 0.717) is 14.5 Å². The number of rotatable bonds is 3. The summed E-state index contributed by atoms with van der Waals surface area (Å²) in [6, 6.07) is 13.9. The summed E-state index contributed by atoms with van der Waals surface area (Å²) < 4.78 is 26.5. The molecule has 0 aliphatic rings. The standard InChI is InChI=1S/C16H11Br2NO2S/c1-11-4-2-3-5-12(11)8-14(10-19)22(20,21)16-9-13(17)6-7-15(16)18/h2-9H,1H3. The van der Waals surface area contributed by atoms with Crippen molar-refractivity contribution in [1.29, 1.82) is 5.26 Å². The van der Waals surface area contributed by atoms with E-state index < -0.39 is 9.84 Å². The molecular weight excluding hydrogens is 430 g/mol. The molecule has 0 unspecified atom stereocenters. The van der Waals surface area contributed by atoms with Crippen molar-refractivity contribution in [3.63, 3.8) is 0 Å². The summed E-state index contributed by atoms with van der Waals surface area (Å²) in [5, 5.41) is 9.31. The number of nitriles is 1. The Balaban J connectivity index is 2.63. The highest BCUT2D eigenvalue weighted by Gasteiger charge is 2.24. The number of aryl methyl sites for hydroxylation is 1. The van der Waals surface area contributed by atoms with Crippen LogP contribution in [0.25, 0.3) is 6.08 Å². The smallest absolute Gasteiger partial charge is 0.217 e. The first-order valence-corrected chi connectivity index (χ1v) is 9.31. The first-order valence-electron chi connectivity index (χ1n) is 6.24. The van der Waals surface area contributed by atoms with Gasteiger partial charge in [0.15, 0.2) is 0 Å². The molecule has 3 nitrogen and oxygen atoms in total. The van der Waals surface area contributed by atoms with Gasteiger partial charge in [-0.25, -0.2) is 8.42 Å². The molecule has 112 valence electrons. The third kappa shape index (κ3) is 3.49. The van der Waals surface area contributed by atoms with Crippen LogP contribution in [-0.2, 0) is 9.84 Å². The van der Waals surface area contributed by atoms with Crippen molar-refractivity contribution in [2.75, 3.05) is 0 Å². The lowest BCUT2D eigenvalue weighted by atomic mass is 10.1. The van der Waals surface area contributed by atoms with Gasteiger partial charge < -0.3 is 0 Å². The van der Waals surface area contributed by atoms with Crippen molar-refractivity contribution in [2.45, 2.75) is 11.8 Å². The third-order valence-electron chi connectivity index (χ3n) is 3.06. The van der Waals surface area contributed by atoms with Crippen LogP contribution in [-0.4, -0.2) is 8.42 Å². The quantitative estimate of drug-likeness (QED) is 0.640. The zero-order valence-corrected chi connectivity index (χ0v) is 15.5. The van der Waals surface area contributed by atoms with Gasteiger partial charge in [-0.2, -0.15) is 5.26 Å². The van der Waals surface area contributed by atoms with E-state index in [1.54, 1.807) is 30.3 Å². The molecule has 6 heteroatoms. The van der Waals surface area contributed by atoms with Crippen molar-refractivity contribution in [3.8, 4) is 6.07 Å². The van der Waals surface area contributed by atoms with Crippen molar-refractivity contribution in [3.05, 3.63) is 67.4 Å². The van der Waals surface area contributed by atoms with E-state index in [1.165, 1.54) is 12.1 Å². The molecule has 0 aliphatic heterocycles. The first-order chi connectivity index (χ1) is 10.4. The Bertz CT molecular complexity index is 897. The van der Waals surface area contributed by atoms with Crippen LogP contribution in [0.1, 0.15) is 11.1 Å². The van der Waals surface area contributed by atoms with Crippen LogP contribution in [0.15, 0.2) is 61.2 Å². The fraction of sp³-hybridized carbons (Fsp3) is 0.0625. The van der Waals surface area contributed by atoms with E-state index in [9.17, 15) is 13.7 Å². The summed E-state index contributed by atoms with van der Waals surface area (Å²) in [6.45, 7) is 1.86. The Morgan fingerprint density at radius 1 is 1.18 bits per heavy atom. The molecule has 0 bridgehead atoms. The van der Waals surface area contributed by atoms with E-state index >= 15 is 0 Å². The van der Waals surface area contributed by atoms with Gasteiger partial charge >= 0.3 is 0 Å². The monoisotopic (exact) mass is 439 g/mol. The van der Waals surface area contributed by atoms with E-state index in [-0.39, 0.29) is 9.80 Å². The molecule has 0 N–H and O–H groups in total. The number of benzene rings is 2. The molecule has 0 saturated heterocycles. The predicted octanol–water partition coefficient (Wildman–Crippen LogP) is 4.86. The zero-order chi connectivity index (χ0) is 16.3. The minimum absolute atomic E-state index is 0.0586. The molecule has 2 aromatic carbocycles. The maximum atomic E-state index is 12.7. The highest BCUT2D eigenvalue weighted by molar-refractivity contribution is 9.11. The van der Waals surface area contributed by atoms with Crippen molar-refractivity contribution in [2.24, 2.45) is 0 Å². The SMILES string of the molecule is Cc1ccccc1C=C(C#N)S(=O)(=O)c1cc(Br)ccc1Br. The number of halogens is 2. The average molecular weight is 441 g/mol. The molecule has 0 fully saturated rings. The Hall–Kier alpha value is -1.42. The molecule has 2 aromatic rings. The van der Waals surface area contributed by atoms with Crippen LogP contribution >= 0.6 is 31.9 Å². The molecule has 0 radical (unpaired) electrons. The molecule has 0 atom stereocenters. The summed E-state index contributed by atoms with van der Waals surface area (Å²) in [4.78, 5) is -0.233. The predicted molar refractivity (Wildman–Crippen MR) is 93.8 cm³/mol. The zero-order valence-electron chi connectivity index (χ0n) is 11.5. The minimum Gasteiger partial charge on any atom is -0.218 e. The molecule has 0 amide bonds. The lowest BCUT2D eigenvalue weighted by molar-refractivity contribution is 0.603. The lowest BCUT2D eigenvalue weighted by Gasteiger charge is -2.07. The Kier molecular flexibility index (Phi) is 5.22. The summed E-state index contributed by atoms with van der Waals surface area (Å²) in [6.07, 6.45) is 1.40. The molecular formula is C16H11Br2NO2S. The molecule has 0 aromatic heterocycles. The third-order valence-corrected chi connectivity index (χ3v) is 6.21. The van der Waals surface area contributed by atoms with E-state index in [1.807, 2.05) is 19.1 Å². The van der Waals surface area contributed by atoms with Gasteiger partial charge in [0.2, 0.25) is 9.84 Å². The van der Waals surface area contributed by atoms with Crippen molar-refractivity contribution >= 4 is 47.8 Å². The van der Waals surface area contributed by atoms with Gasteiger partial charge in [0.05, 0.1) is 4.90 Å². The Morgan fingerprint density at radius 2 is 1.86 bits per heavy atom. The van der Waals surface area contributed by atoms with Crippen molar-refractivity contribution in [1.82, 2.24) is 0 Å². The van der Waals surface area contributed by atoms with Crippen LogP contribution < -0.4 is 0 Å². The van der Waals surface area contributed by atoms with Gasteiger partial charge in [-0.3, -0.25) is 0 Å². The maximum absolute atomic E-state index is 12.7. The molecule has 0 spiro atoms. The maximum Gasteiger partial charge on any atom is 0.217 e. The summed E-state index contributed by atoms with van der Waals surface area (Å²) >= 11 is 6.48. The van der Waals surface area contributed by atoms with E-state index in [2.05, 4.69) is 31.9 Å². The lowest BCUT2D eigenvalue weighted by Crippen LogP contribution is -2.05. The fourth-order valence-electron chi connectivity index (χ4n) is 1.86. The van der Waals surface area contributed by atoms with Crippen LogP contribution in [0.3, 0.4) is 0 Å². The van der Waals surface area contributed by atoms with Crippen molar-refractivity contribution < 1.29 is 8.42 Å². The van der Waals surface area contributed by atoms with Crippen LogP contribution in [0.5, 0.6) is 0 Å². The largest absolute Gasteiger partial charge is 0.218 e. The van der Waals surface area contributed by atoms with Gasteiger partial charge in [-0.1, -0.05) is 40.2 Å². The first kappa shape index (κ1) is 16.9. The number of hydrogen-bond donors (Lipinski definition) is 0. The molecule has 0 heterocycles. The number of nitrogens with zero attached hydrogens (tertiary/aromatic N) is 1. The highest BCUT2D eigenvalue weighted by atomic mass is 79.9. The van der Waals surface area contributed by atoms with Gasteiger partial charge in [0.1, 0.15) is 11.0 Å². The Morgan fingerprint density at radius 3 is 2.50 bits per heavy atom. The molecule has 0 aliphatic carbocycles. The fourth-order valence-corrected chi connectivity index (χ4v) is 4.51. The van der Waals surface area contributed by atoms with Crippen LogP contribution in [0.2, 0.25) is 0 Å². The molecule has 2 rings (SSSR count). The molecule has 0 saturated carbocycles. The average Bonchev–Trinajstić information content (AvgIpc) is 2.48. The normalized spacial score (nSPS) is 12.0. The van der Waals surface area contributed by atoms with E-state index in [4.69, 9.17) is 0 Å². The Labute approximate surface area is 146 Å². The second kappa shape index (κ2) is 6.78. The van der Waals surface area contributed by atoms with E-state index in [0.717, 1.165) is 5.56 Å². The number of sulfone groups is 1. The highest BCUT2D eigenvalue weighted by Crippen LogP contribution is 2.30. The van der Waals surface area contributed by atoms with Gasteiger partial charge in [0.25, 0.3) is 0 Å².